The number of urea groups is 1. The number of rotatable bonds is 6. The molecule has 1 aromatic rings. The number of carbonyl (C=O) groups excluding carboxylic acids is 1. The fourth-order valence-electron chi connectivity index (χ4n) is 1.04. The number of anilines is 1. The Morgan fingerprint density at radius 2 is 2.11 bits per heavy atom. The lowest BCUT2D eigenvalue weighted by Gasteiger charge is -2.13. The van der Waals surface area contributed by atoms with Crippen molar-refractivity contribution in [2.24, 2.45) is 0 Å². The van der Waals surface area contributed by atoms with Gasteiger partial charge in [0.25, 0.3) is 0 Å². The largest absolute Gasteiger partial charge is 0.481 e. The summed E-state index contributed by atoms with van der Waals surface area (Å²) in [6, 6.07) is -2.04. The van der Waals surface area contributed by atoms with Crippen LogP contribution in [0.2, 0.25) is 0 Å². The van der Waals surface area contributed by atoms with Gasteiger partial charge in [0, 0.05) is 6.42 Å². The Morgan fingerprint density at radius 1 is 1.39 bits per heavy atom. The van der Waals surface area contributed by atoms with Gasteiger partial charge in [-0.25, -0.2) is 9.59 Å². The molecule has 0 aromatic carbocycles. The third-order valence-corrected chi connectivity index (χ3v) is 2.44. The van der Waals surface area contributed by atoms with Crippen LogP contribution in [-0.4, -0.2) is 44.4 Å². The van der Waals surface area contributed by atoms with Crippen LogP contribution in [0.3, 0.4) is 0 Å². The zero-order chi connectivity index (χ0) is 13.5. The van der Waals surface area contributed by atoms with Crippen molar-refractivity contribution in [1.82, 2.24) is 15.5 Å². The summed E-state index contributed by atoms with van der Waals surface area (Å²) in [5.74, 6) is -2.43. The number of carbonyl (C=O) groups is 3. The zero-order valence-corrected chi connectivity index (χ0v) is 9.81. The van der Waals surface area contributed by atoms with Crippen LogP contribution in [0.25, 0.3) is 0 Å². The van der Waals surface area contributed by atoms with Gasteiger partial charge in [-0.15, -0.1) is 10.2 Å². The van der Waals surface area contributed by atoms with E-state index in [1.54, 1.807) is 0 Å². The predicted octanol–water partition coefficient (Wildman–Crippen LogP) is -0.0224. The van der Waals surface area contributed by atoms with E-state index in [2.05, 4.69) is 20.8 Å². The topological polar surface area (TPSA) is 142 Å². The highest BCUT2D eigenvalue weighted by Crippen LogP contribution is 2.07. The van der Waals surface area contributed by atoms with E-state index < -0.39 is 24.0 Å². The van der Waals surface area contributed by atoms with Crippen LogP contribution in [0.4, 0.5) is 9.93 Å². The van der Waals surface area contributed by atoms with E-state index in [1.165, 1.54) is 5.51 Å². The molecule has 10 heteroatoms. The highest BCUT2D eigenvalue weighted by atomic mass is 32.1. The van der Waals surface area contributed by atoms with E-state index in [9.17, 15) is 14.4 Å². The molecule has 0 bridgehead atoms. The Balaban J connectivity index is 2.47. The first-order valence-corrected chi connectivity index (χ1v) is 5.65. The minimum absolute atomic E-state index is 0.200. The van der Waals surface area contributed by atoms with E-state index >= 15 is 0 Å². The summed E-state index contributed by atoms with van der Waals surface area (Å²) in [5.41, 5.74) is 1.40. The predicted molar refractivity (Wildman–Crippen MR) is 60.4 cm³/mol. The van der Waals surface area contributed by atoms with Crippen molar-refractivity contribution in [1.29, 1.82) is 0 Å². The van der Waals surface area contributed by atoms with Crippen LogP contribution in [-0.2, 0) is 9.59 Å². The Hall–Kier alpha value is -2.23. The molecule has 2 amide bonds. The van der Waals surface area contributed by atoms with Crippen molar-refractivity contribution >= 4 is 34.4 Å². The summed E-state index contributed by atoms with van der Waals surface area (Å²) in [4.78, 5) is 32.5. The summed E-state index contributed by atoms with van der Waals surface area (Å²) in [6.07, 6.45) is -0.551. The molecule has 0 spiro atoms. The van der Waals surface area contributed by atoms with Crippen LogP contribution < -0.4 is 10.6 Å². The minimum Gasteiger partial charge on any atom is -0.481 e. The smallest absolute Gasteiger partial charge is 0.326 e. The maximum absolute atomic E-state index is 11.4. The lowest BCUT2D eigenvalue weighted by Crippen LogP contribution is -2.43. The Morgan fingerprint density at radius 3 is 2.61 bits per heavy atom. The molecule has 0 aliphatic carbocycles. The number of hydrogen-bond acceptors (Lipinski definition) is 6. The van der Waals surface area contributed by atoms with Crippen LogP contribution in [0.1, 0.15) is 12.8 Å². The Labute approximate surface area is 105 Å². The molecule has 0 fully saturated rings. The van der Waals surface area contributed by atoms with E-state index in [0.29, 0.717) is 0 Å². The third-order valence-electron chi connectivity index (χ3n) is 1.83. The number of aliphatic carboxylic acids is 2. The second-order valence-corrected chi connectivity index (χ2v) is 4.00. The highest BCUT2D eigenvalue weighted by molar-refractivity contribution is 7.13. The van der Waals surface area contributed by atoms with Gasteiger partial charge in [-0.05, 0) is 6.42 Å². The number of aromatic nitrogens is 2. The molecule has 1 aromatic heterocycles. The molecule has 0 aliphatic heterocycles. The first kappa shape index (κ1) is 13.8. The van der Waals surface area contributed by atoms with Crippen molar-refractivity contribution in [2.75, 3.05) is 5.32 Å². The molecule has 0 radical (unpaired) electrons. The molecule has 0 saturated heterocycles. The van der Waals surface area contributed by atoms with E-state index in [4.69, 9.17) is 10.2 Å². The molecular formula is C8H10N4O5S. The molecular weight excluding hydrogens is 264 g/mol. The summed E-state index contributed by atoms with van der Waals surface area (Å²) < 4.78 is 0. The average Bonchev–Trinajstić information content (AvgIpc) is 2.76. The van der Waals surface area contributed by atoms with Gasteiger partial charge in [0.05, 0.1) is 0 Å². The van der Waals surface area contributed by atoms with Gasteiger partial charge in [-0.3, -0.25) is 10.1 Å². The standard InChI is InChI=1S/C8H10N4O5S/c13-5(14)2-1-4(6(15)16)10-7(17)11-8-12-9-3-18-8/h3-4H,1-2H2,(H,13,14)(H,15,16)(H2,10,11,12,17). The molecule has 1 rings (SSSR count). The average molecular weight is 274 g/mol. The van der Waals surface area contributed by atoms with Gasteiger partial charge in [-0.2, -0.15) is 0 Å². The molecule has 1 unspecified atom stereocenters. The van der Waals surface area contributed by atoms with Crippen molar-refractivity contribution in [2.45, 2.75) is 18.9 Å². The van der Waals surface area contributed by atoms with Crippen LogP contribution >= 0.6 is 11.3 Å². The second-order valence-electron chi connectivity index (χ2n) is 3.17. The SMILES string of the molecule is O=C(O)CCC(NC(=O)Nc1nncs1)C(=O)O. The highest BCUT2D eigenvalue weighted by Gasteiger charge is 2.21. The normalized spacial score (nSPS) is 11.6. The number of hydrogen-bond donors (Lipinski definition) is 4. The summed E-state index contributed by atoms with van der Waals surface area (Å²) in [6.45, 7) is 0. The van der Waals surface area contributed by atoms with Gasteiger partial charge in [0.2, 0.25) is 5.13 Å². The molecule has 18 heavy (non-hydrogen) atoms. The lowest BCUT2D eigenvalue weighted by molar-refractivity contribution is -0.140. The number of amides is 2. The third kappa shape index (κ3) is 4.74. The Bertz CT molecular complexity index is 435. The first-order valence-electron chi connectivity index (χ1n) is 4.77. The second kappa shape index (κ2) is 6.49. The quantitative estimate of drug-likeness (QED) is 0.571. The molecule has 98 valence electrons. The maximum Gasteiger partial charge on any atom is 0.326 e. The van der Waals surface area contributed by atoms with Gasteiger partial charge in [0.1, 0.15) is 11.6 Å². The molecule has 0 saturated carbocycles. The van der Waals surface area contributed by atoms with Crippen molar-refractivity contribution in [3.63, 3.8) is 0 Å². The Kier molecular flexibility index (Phi) is 4.99. The first-order chi connectivity index (χ1) is 8.49. The van der Waals surface area contributed by atoms with Crippen LogP contribution in [0.5, 0.6) is 0 Å². The summed E-state index contributed by atoms with van der Waals surface area (Å²) in [7, 11) is 0. The number of nitrogens with one attached hydrogen (secondary N) is 2. The molecule has 4 N–H and O–H groups in total. The monoisotopic (exact) mass is 274 g/mol. The fraction of sp³-hybridized carbons (Fsp3) is 0.375. The number of nitrogens with zero attached hydrogens (tertiary/aromatic N) is 2. The van der Waals surface area contributed by atoms with Gasteiger partial charge >= 0.3 is 18.0 Å². The molecule has 1 heterocycles. The molecule has 0 aliphatic rings. The number of carboxylic acids is 2. The zero-order valence-electron chi connectivity index (χ0n) is 8.99. The van der Waals surface area contributed by atoms with Crippen molar-refractivity contribution in [3.8, 4) is 0 Å². The molecule has 1 atom stereocenters. The van der Waals surface area contributed by atoms with Gasteiger partial charge in [0.15, 0.2) is 0 Å². The van der Waals surface area contributed by atoms with E-state index in [-0.39, 0.29) is 18.0 Å². The summed E-state index contributed by atoms with van der Waals surface area (Å²) in [5, 5.41) is 28.9. The van der Waals surface area contributed by atoms with Gasteiger partial charge < -0.3 is 15.5 Å². The minimum atomic E-state index is -1.30. The number of carboxylic acid groups (broad SMARTS) is 2. The van der Waals surface area contributed by atoms with Crippen molar-refractivity contribution < 1.29 is 24.6 Å². The van der Waals surface area contributed by atoms with Crippen LogP contribution in [0, 0.1) is 0 Å². The van der Waals surface area contributed by atoms with Gasteiger partial charge in [-0.1, -0.05) is 11.3 Å². The lowest BCUT2D eigenvalue weighted by atomic mass is 10.1. The molecule has 9 nitrogen and oxygen atoms in total. The fourth-order valence-corrected chi connectivity index (χ4v) is 1.48. The van der Waals surface area contributed by atoms with Crippen molar-refractivity contribution in [3.05, 3.63) is 5.51 Å². The maximum atomic E-state index is 11.4. The van der Waals surface area contributed by atoms with E-state index in [0.717, 1.165) is 11.3 Å². The summed E-state index contributed by atoms with van der Waals surface area (Å²) >= 11 is 1.07. The van der Waals surface area contributed by atoms with E-state index in [1.807, 2.05) is 0 Å². The van der Waals surface area contributed by atoms with Crippen LogP contribution in [0.15, 0.2) is 5.51 Å².